The fourth-order valence-electron chi connectivity index (χ4n) is 2.48. The number of carbonyl (C=O) groups excluding carboxylic acids is 1. The molecule has 150 valence electrons. The van der Waals surface area contributed by atoms with Gasteiger partial charge >= 0.3 is 6.03 Å². The summed E-state index contributed by atoms with van der Waals surface area (Å²) in [4.78, 5) is 11.9. The molecule has 0 unspecified atom stereocenters. The molecule has 2 rings (SSSR count). The van der Waals surface area contributed by atoms with Crippen molar-refractivity contribution in [1.82, 2.24) is 10.7 Å². The van der Waals surface area contributed by atoms with Gasteiger partial charge in [-0.05, 0) is 23.8 Å². The van der Waals surface area contributed by atoms with Crippen molar-refractivity contribution in [3.05, 3.63) is 23.8 Å². The predicted molar refractivity (Wildman–Crippen MR) is 92.6 cm³/mol. The number of hydrogen-bond acceptors (Lipinski definition) is 9. The first kappa shape index (κ1) is 20.9. The Morgan fingerprint density at radius 2 is 1.89 bits per heavy atom. The smallest absolute Gasteiger partial charge is 0.337 e. The van der Waals surface area contributed by atoms with Crippen LogP contribution in [0.15, 0.2) is 23.3 Å². The van der Waals surface area contributed by atoms with E-state index in [0.29, 0.717) is 17.1 Å². The van der Waals surface area contributed by atoms with E-state index in [1.165, 1.54) is 20.4 Å². The van der Waals surface area contributed by atoms with Crippen molar-refractivity contribution in [3.8, 4) is 11.5 Å². The Labute approximate surface area is 155 Å². The van der Waals surface area contributed by atoms with E-state index in [0.717, 1.165) is 0 Å². The van der Waals surface area contributed by atoms with Gasteiger partial charge in [0.2, 0.25) is 0 Å². The van der Waals surface area contributed by atoms with Crippen LogP contribution in [0.3, 0.4) is 0 Å². The normalized spacial score (nSPS) is 28.0. The first-order chi connectivity index (χ1) is 12.9. The van der Waals surface area contributed by atoms with Crippen LogP contribution in [-0.2, 0) is 4.74 Å². The quantitative estimate of drug-likeness (QED) is 0.245. The number of ether oxygens (including phenoxy) is 3. The van der Waals surface area contributed by atoms with E-state index in [1.807, 2.05) is 0 Å². The molecule has 1 aromatic rings. The van der Waals surface area contributed by atoms with E-state index in [-0.39, 0.29) is 0 Å². The molecule has 1 fully saturated rings. The third-order valence-corrected chi connectivity index (χ3v) is 3.95. The molecule has 1 aromatic carbocycles. The number of nitrogens with one attached hydrogen (secondary N) is 2. The summed E-state index contributed by atoms with van der Waals surface area (Å²) in [6, 6.07) is 4.20. The number of aliphatic hydroxyl groups is 4. The van der Waals surface area contributed by atoms with Gasteiger partial charge in [0.25, 0.3) is 0 Å². The minimum atomic E-state index is -1.59. The second-order valence-corrected chi connectivity index (χ2v) is 5.71. The molecule has 27 heavy (non-hydrogen) atoms. The Hall–Kier alpha value is -2.44. The number of nitrogens with zero attached hydrogens (tertiary/aromatic N) is 1. The van der Waals surface area contributed by atoms with Crippen molar-refractivity contribution >= 4 is 12.2 Å². The highest BCUT2D eigenvalue weighted by Gasteiger charge is 2.43. The number of hydrazone groups is 1. The SMILES string of the molecule is COc1ccc(/C=N\NC(=O)N[C@@H]2O[C@H](CO)[C@@H](O)[C@H](O)[C@H]2O)cc1OC. The Bertz CT molecular complexity index is 669. The van der Waals surface area contributed by atoms with E-state index in [4.69, 9.17) is 19.3 Å². The van der Waals surface area contributed by atoms with Gasteiger partial charge in [-0.15, -0.1) is 0 Å². The standard InChI is InChI=1S/C16H23N3O8/c1-25-9-4-3-8(5-10(9)26-2)6-17-19-16(24)18-15-14(23)13(22)12(21)11(7-20)27-15/h3-6,11-15,20-23H,7H2,1-2H3,(H2,18,19,24)/b17-6-/t11-,12-,13+,14-,15-/m1/s1. The van der Waals surface area contributed by atoms with Crippen LogP contribution >= 0.6 is 0 Å². The van der Waals surface area contributed by atoms with Crippen LogP contribution in [0, 0.1) is 0 Å². The number of rotatable bonds is 6. The highest BCUT2D eigenvalue weighted by molar-refractivity contribution is 5.82. The highest BCUT2D eigenvalue weighted by atomic mass is 16.6. The average Bonchev–Trinajstić information content (AvgIpc) is 2.68. The number of methoxy groups -OCH3 is 2. The van der Waals surface area contributed by atoms with Crippen LogP contribution < -0.4 is 20.2 Å². The summed E-state index contributed by atoms with van der Waals surface area (Å²) in [6.07, 6.45) is -5.77. The molecule has 1 heterocycles. The Morgan fingerprint density at radius 1 is 1.19 bits per heavy atom. The summed E-state index contributed by atoms with van der Waals surface area (Å²) in [5.74, 6) is 1.04. The minimum absolute atomic E-state index is 0.493. The molecule has 11 heteroatoms. The second-order valence-electron chi connectivity index (χ2n) is 5.71. The minimum Gasteiger partial charge on any atom is -0.493 e. The molecule has 0 spiro atoms. The van der Waals surface area contributed by atoms with Crippen LogP contribution in [-0.4, -0.2) is 84.1 Å². The molecular formula is C16H23N3O8. The molecule has 6 N–H and O–H groups in total. The predicted octanol–water partition coefficient (Wildman–Crippen LogP) is -1.86. The molecular weight excluding hydrogens is 362 g/mol. The first-order valence-electron chi connectivity index (χ1n) is 8.03. The molecule has 0 aromatic heterocycles. The summed E-state index contributed by atoms with van der Waals surface area (Å²) in [7, 11) is 3.00. The molecule has 1 saturated heterocycles. The maximum Gasteiger partial charge on any atom is 0.337 e. The number of urea groups is 1. The van der Waals surface area contributed by atoms with Gasteiger partial charge in [-0.2, -0.15) is 5.10 Å². The maximum atomic E-state index is 11.9. The van der Waals surface area contributed by atoms with Gasteiger partial charge in [-0.1, -0.05) is 0 Å². The van der Waals surface area contributed by atoms with Crippen molar-refractivity contribution in [2.45, 2.75) is 30.6 Å². The summed E-state index contributed by atoms with van der Waals surface area (Å²) in [6.45, 7) is -0.595. The lowest BCUT2D eigenvalue weighted by Gasteiger charge is -2.39. The molecule has 0 aliphatic carbocycles. The fraction of sp³-hybridized carbons (Fsp3) is 0.500. The van der Waals surface area contributed by atoms with Gasteiger partial charge in [0.1, 0.15) is 24.4 Å². The van der Waals surface area contributed by atoms with Gasteiger partial charge in [-0.25, -0.2) is 10.2 Å². The number of hydrogen-bond donors (Lipinski definition) is 6. The van der Waals surface area contributed by atoms with E-state index < -0.39 is 43.3 Å². The van der Waals surface area contributed by atoms with Gasteiger partial charge in [-0.3, -0.25) is 0 Å². The van der Waals surface area contributed by atoms with Crippen LogP contribution in [0.5, 0.6) is 11.5 Å². The molecule has 0 radical (unpaired) electrons. The topological polar surface area (TPSA) is 162 Å². The van der Waals surface area contributed by atoms with Gasteiger partial charge in [0.15, 0.2) is 17.7 Å². The zero-order valence-electron chi connectivity index (χ0n) is 14.8. The summed E-state index contributed by atoms with van der Waals surface area (Å²) in [5.41, 5.74) is 2.80. The largest absolute Gasteiger partial charge is 0.493 e. The number of amides is 2. The van der Waals surface area contributed by atoms with E-state index in [9.17, 15) is 20.1 Å². The number of benzene rings is 1. The zero-order valence-corrected chi connectivity index (χ0v) is 14.8. The lowest BCUT2D eigenvalue weighted by molar-refractivity contribution is -0.233. The molecule has 5 atom stereocenters. The van der Waals surface area contributed by atoms with Crippen LogP contribution in [0.1, 0.15) is 5.56 Å². The van der Waals surface area contributed by atoms with Crippen molar-refractivity contribution < 1.29 is 39.4 Å². The van der Waals surface area contributed by atoms with Crippen molar-refractivity contribution in [2.24, 2.45) is 5.10 Å². The van der Waals surface area contributed by atoms with Gasteiger partial charge < -0.3 is 40.0 Å². The fourth-order valence-corrected chi connectivity index (χ4v) is 2.48. The maximum absolute atomic E-state index is 11.9. The Kier molecular flexibility index (Phi) is 7.33. The molecule has 11 nitrogen and oxygen atoms in total. The third kappa shape index (κ3) is 5.05. The Balaban J connectivity index is 1.93. The van der Waals surface area contributed by atoms with E-state index in [1.54, 1.807) is 18.2 Å². The first-order valence-corrected chi connectivity index (χ1v) is 8.03. The summed E-state index contributed by atoms with van der Waals surface area (Å²) < 4.78 is 15.4. The molecule has 2 amide bonds. The van der Waals surface area contributed by atoms with E-state index in [2.05, 4.69) is 15.8 Å². The lowest BCUT2D eigenvalue weighted by atomic mass is 9.98. The highest BCUT2D eigenvalue weighted by Crippen LogP contribution is 2.26. The third-order valence-electron chi connectivity index (χ3n) is 3.95. The Morgan fingerprint density at radius 3 is 2.52 bits per heavy atom. The number of carbonyl (C=O) groups is 1. The molecule has 1 aliphatic heterocycles. The van der Waals surface area contributed by atoms with Gasteiger partial charge in [0, 0.05) is 0 Å². The molecule has 0 saturated carbocycles. The van der Waals surface area contributed by atoms with Gasteiger partial charge in [0.05, 0.1) is 27.0 Å². The van der Waals surface area contributed by atoms with Crippen molar-refractivity contribution in [1.29, 1.82) is 0 Å². The zero-order chi connectivity index (χ0) is 20.0. The van der Waals surface area contributed by atoms with Crippen molar-refractivity contribution in [2.75, 3.05) is 20.8 Å². The molecule has 1 aliphatic rings. The number of aliphatic hydroxyl groups excluding tert-OH is 4. The van der Waals surface area contributed by atoms with E-state index >= 15 is 0 Å². The summed E-state index contributed by atoms with van der Waals surface area (Å²) in [5, 5.41) is 44.4. The molecule has 0 bridgehead atoms. The lowest BCUT2D eigenvalue weighted by Crippen LogP contribution is -2.63. The van der Waals surface area contributed by atoms with Crippen LogP contribution in [0.25, 0.3) is 0 Å². The second kappa shape index (κ2) is 9.48. The summed E-state index contributed by atoms with van der Waals surface area (Å²) >= 11 is 0. The van der Waals surface area contributed by atoms with Crippen LogP contribution in [0.2, 0.25) is 0 Å². The monoisotopic (exact) mass is 385 g/mol. The van der Waals surface area contributed by atoms with Crippen molar-refractivity contribution in [3.63, 3.8) is 0 Å². The average molecular weight is 385 g/mol. The van der Waals surface area contributed by atoms with Crippen LogP contribution in [0.4, 0.5) is 4.79 Å².